The number of ether oxygens (including phenoxy) is 1. The van der Waals surface area contributed by atoms with Gasteiger partial charge in [0.2, 0.25) is 17.7 Å². The number of rotatable bonds is 11. The van der Waals surface area contributed by atoms with Gasteiger partial charge in [-0.2, -0.15) is 0 Å². The maximum absolute atomic E-state index is 12.6. The van der Waals surface area contributed by atoms with Crippen LogP contribution >= 0.6 is 0 Å². The molecule has 4 N–H and O–H groups in total. The van der Waals surface area contributed by atoms with E-state index in [9.17, 15) is 29.1 Å². The van der Waals surface area contributed by atoms with Crippen LogP contribution < -0.4 is 16.0 Å². The zero-order chi connectivity index (χ0) is 22.0. The van der Waals surface area contributed by atoms with Gasteiger partial charge >= 0.3 is 11.9 Å². The molecule has 0 aromatic rings. The quantitative estimate of drug-likeness (QED) is 0.350. The highest BCUT2D eigenvalue weighted by atomic mass is 16.5. The average molecular weight is 401 g/mol. The fraction of sp³-hybridized carbons (Fsp3) is 0.722. The van der Waals surface area contributed by atoms with E-state index < -0.39 is 47.8 Å². The lowest BCUT2D eigenvalue weighted by molar-refractivity contribution is -0.144. The Morgan fingerprint density at radius 1 is 0.857 bits per heavy atom. The molecule has 0 rings (SSSR count). The molecule has 3 atom stereocenters. The first-order chi connectivity index (χ1) is 12.8. The lowest BCUT2D eigenvalue weighted by Crippen LogP contribution is -2.57. The van der Waals surface area contributed by atoms with E-state index in [1.54, 1.807) is 13.8 Å². The summed E-state index contributed by atoms with van der Waals surface area (Å²) >= 11 is 0. The van der Waals surface area contributed by atoms with Gasteiger partial charge in [-0.25, -0.2) is 4.79 Å². The molecule has 0 radical (unpaired) electrons. The van der Waals surface area contributed by atoms with Crippen molar-refractivity contribution in [3.05, 3.63) is 0 Å². The van der Waals surface area contributed by atoms with Crippen LogP contribution in [0.25, 0.3) is 0 Å². The number of hydrogen-bond acceptors (Lipinski definition) is 6. The van der Waals surface area contributed by atoms with Crippen molar-refractivity contribution in [2.24, 2.45) is 11.8 Å². The minimum Gasteiger partial charge on any atom is -0.480 e. The first-order valence-electron chi connectivity index (χ1n) is 9.09. The van der Waals surface area contributed by atoms with E-state index in [1.165, 1.54) is 6.92 Å². The fourth-order valence-electron chi connectivity index (χ4n) is 2.37. The zero-order valence-electron chi connectivity index (χ0n) is 17.2. The normalized spacial score (nSPS) is 14.0. The van der Waals surface area contributed by atoms with Crippen LogP contribution in [0.2, 0.25) is 0 Å². The number of carbonyl (C=O) groups excluding carboxylic acids is 4. The Morgan fingerprint density at radius 2 is 1.39 bits per heavy atom. The molecule has 10 heteroatoms. The summed E-state index contributed by atoms with van der Waals surface area (Å²) in [5.41, 5.74) is 0. The average Bonchev–Trinajstić information content (AvgIpc) is 2.53. The first kappa shape index (κ1) is 25.4. The third kappa shape index (κ3) is 9.89. The summed E-state index contributed by atoms with van der Waals surface area (Å²) in [6.45, 7) is 8.96. The Balaban J connectivity index is 5.32. The highest BCUT2D eigenvalue weighted by Crippen LogP contribution is 2.08. The molecule has 0 aliphatic rings. The van der Waals surface area contributed by atoms with E-state index in [4.69, 9.17) is 4.74 Å². The Morgan fingerprint density at radius 3 is 1.79 bits per heavy atom. The van der Waals surface area contributed by atoms with E-state index in [-0.39, 0.29) is 24.9 Å². The maximum atomic E-state index is 12.6. The summed E-state index contributed by atoms with van der Waals surface area (Å²) in [4.78, 5) is 58.7. The molecule has 0 aliphatic heterocycles. The topological polar surface area (TPSA) is 151 Å². The molecule has 0 unspecified atom stereocenters. The highest BCUT2D eigenvalue weighted by molar-refractivity contribution is 5.93. The lowest BCUT2D eigenvalue weighted by atomic mass is 10.00. The van der Waals surface area contributed by atoms with Gasteiger partial charge in [-0.1, -0.05) is 27.7 Å². The number of carboxylic acid groups (broad SMARTS) is 1. The standard InChI is InChI=1S/C18H31N3O7/c1-9(2)7-13(16(24)21-15(10(3)4)18(26)27)20-17(25)14(19-11(5)22)8-28-12(6)23/h9-10,13-15H,7-8H2,1-6H3,(H,19,22)(H,20,25)(H,21,24)(H,26,27)/t13-,14-,15-/m0/s1. The van der Waals surface area contributed by atoms with Crippen molar-refractivity contribution in [2.75, 3.05) is 6.61 Å². The van der Waals surface area contributed by atoms with E-state index in [0.29, 0.717) is 0 Å². The van der Waals surface area contributed by atoms with Crippen LogP contribution in [0.4, 0.5) is 0 Å². The summed E-state index contributed by atoms with van der Waals surface area (Å²) in [6.07, 6.45) is 0.252. The molecule has 0 heterocycles. The molecule has 160 valence electrons. The summed E-state index contributed by atoms with van der Waals surface area (Å²) < 4.78 is 4.78. The summed E-state index contributed by atoms with van der Waals surface area (Å²) in [6, 6.07) is -3.29. The number of esters is 1. The van der Waals surface area contributed by atoms with Crippen molar-refractivity contribution >= 4 is 29.7 Å². The molecule has 0 bridgehead atoms. The van der Waals surface area contributed by atoms with Crippen LogP contribution in [0.15, 0.2) is 0 Å². The molecule has 3 amide bonds. The number of amides is 3. The Hall–Kier alpha value is -2.65. The van der Waals surface area contributed by atoms with Crippen molar-refractivity contribution in [3.63, 3.8) is 0 Å². The zero-order valence-corrected chi connectivity index (χ0v) is 17.2. The van der Waals surface area contributed by atoms with Crippen LogP contribution in [0.1, 0.15) is 48.0 Å². The van der Waals surface area contributed by atoms with Crippen molar-refractivity contribution < 1.29 is 33.8 Å². The predicted octanol–water partition coefficient (Wildman–Crippen LogP) is -0.189. The molecule has 0 saturated heterocycles. The van der Waals surface area contributed by atoms with E-state index in [1.807, 2.05) is 13.8 Å². The molecule has 28 heavy (non-hydrogen) atoms. The van der Waals surface area contributed by atoms with Gasteiger partial charge in [0, 0.05) is 13.8 Å². The molecule has 0 aromatic heterocycles. The molecule has 0 spiro atoms. The van der Waals surface area contributed by atoms with E-state index in [0.717, 1.165) is 6.92 Å². The second-order valence-electron chi connectivity index (χ2n) is 7.31. The van der Waals surface area contributed by atoms with Crippen LogP contribution in [0, 0.1) is 11.8 Å². The van der Waals surface area contributed by atoms with Crippen molar-refractivity contribution in [1.29, 1.82) is 0 Å². The van der Waals surface area contributed by atoms with Gasteiger partial charge in [0.15, 0.2) is 0 Å². The summed E-state index contributed by atoms with van der Waals surface area (Å²) in [5.74, 6) is -4.00. The summed E-state index contributed by atoms with van der Waals surface area (Å²) in [7, 11) is 0. The molecule has 0 aromatic carbocycles. The van der Waals surface area contributed by atoms with Gasteiger partial charge in [0.25, 0.3) is 0 Å². The van der Waals surface area contributed by atoms with Crippen LogP contribution in [0.5, 0.6) is 0 Å². The SMILES string of the molecule is CC(=O)N[C@@H](COC(C)=O)C(=O)N[C@@H](CC(C)C)C(=O)N[C@H](C(=O)O)C(C)C. The number of nitrogens with one attached hydrogen (secondary N) is 3. The van der Waals surface area contributed by atoms with Crippen LogP contribution in [-0.2, 0) is 28.7 Å². The van der Waals surface area contributed by atoms with Gasteiger partial charge in [-0.15, -0.1) is 0 Å². The smallest absolute Gasteiger partial charge is 0.326 e. The molecular formula is C18H31N3O7. The maximum Gasteiger partial charge on any atom is 0.326 e. The van der Waals surface area contributed by atoms with E-state index in [2.05, 4.69) is 16.0 Å². The monoisotopic (exact) mass is 401 g/mol. The van der Waals surface area contributed by atoms with Gasteiger partial charge in [-0.05, 0) is 18.3 Å². The number of carbonyl (C=O) groups is 5. The van der Waals surface area contributed by atoms with E-state index >= 15 is 0 Å². The highest BCUT2D eigenvalue weighted by Gasteiger charge is 2.31. The lowest BCUT2D eigenvalue weighted by Gasteiger charge is -2.26. The Labute approximate surface area is 164 Å². The molecule has 0 aliphatic carbocycles. The molecule has 10 nitrogen and oxygen atoms in total. The first-order valence-corrected chi connectivity index (χ1v) is 9.09. The van der Waals surface area contributed by atoms with Gasteiger partial charge in [0.05, 0.1) is 0 Å². The number of aliphatic carboxylic acids is 1. The number of hydrogen-bond donors (Lipinski definition) is 4. The second kappa shape index (κ2) is 11.9. The minimum absolute atomic E-state index is 0.0195. The van der Waals surface area contributed by atoms with Crippen LogP contribution in [0.3, 0.4) is 0 Å². The summed E-state index contributed by atoms with van der Waals surface area (Å²) in [5, 5.41) is 16.5. The van der Waals surface area contributed by atoms with Crippen LogP contribution in [-0.4, -0.2) is 59.5 Å². The van der Waals surface area contributed by atoms with Crippen molar-refractivity contribution in [1.82, 2.24) is 16.0 Å². The Bertz CT molecular complexity index is 590. The largest absolute Gasteiger partial charge is 0.480 e. The van der Waals surface area contributed by atoms with Crippen molar-refractivity contribution in [3.8, 4) is 0 Å². The van der Waals surface area contributed by atoms with Crippen molar-refractivity contribution in [2.45, 2.75) is 66.1 Å². The minimum atomic E-state index is -1.18. The van der Waals surface area contributed by atoms with Gasteiger partial charge in [0.1, 0.15) is 24.7 Å². The van der Waals surface area contributed by atoms with Gasteiger partial charge in [-0.3, -0.25) is 19.2 Å². The Kier molecular flexibility index (Phi) is 10.8. The third-order valence-corrected chi connectivity index (χ3v) is 3.72. The fourth-order valence-corrected chi connectivity index (χ4v) is 2.37. The molecule has 0 fully saturated rings. The number of carboxylic acids is 1. The third-order valence-electron chi connectivity index (χ3n) is 3.72. The van der Waals surface area contributed by atoms with Gasteiger partial charge < -0.3 is 25.8 Å². The second-order valence-corrected chi connectivity index (χ2v) is 7.31. The predicted molar refractivity (Wildman–Crippen MR) is 100 cm³/mol. The molecule has 0 saturated carbocycles. The molecular weight excluding hydrogens is 370 g/mol.